The fraction of sp³-hybridized carbons (Fsp3) is 0.529. The molecule has 3 rings (SSSR count). The molecule has 0 aliphatic carbocycles. The minimum atomic E-state index is -0.390. The van der Waals surface area contributed by atoms with E-state index in [1.165, 1.54) is 4.90 Å². The first-order valence-corrected chi connectivity index (χ1v) is 7.90. The topological polar surface area (TPSA) is 59.1 Å². The summed E-state index contributed by atoms with van der Waals surface area (Å²) in [5, 5.41) is 0. The molecular formula is C17H22N2O4. The highest BCUT2D eigenvalue weighted by Crippen LogP contribution is 2.28. The molecular weight excluding hydrogens is 296 g/mol. The third-order valence-electron chi connectivity index (χ3n) is 4.34. The number of methoxy groups -OCH3 is 1. The molecule has 3 atom stereocenters. The molecule has 0 N–H and O–H groups in total. The molecule has 23 heavy (non-hydrogen) atoms. The zero-order valence-corrected chi connectivity index (χ0v) is 13.7. The number of benzene rings is 1. The summed E-state index contributed by atoms with van der Waals surface area (Å²) < 4.78 is 10.8. The first-order chi connectivity index (χ1) is 11.0. The van der Waals surface area contributed by atoms with E-state index in [1.807, 2.05) is 13.8 Å². The van der Waals surface area contributed by atoms with Gasteiger partial charge in [0.25, 0.3) is 5.91 Å². The Labute approximate surface area is 136 Å². The number of carbonyl (C=O) groups is 2. The van der Waals surface area contributed by atoms with Crippen molar-refractivity contribution in [2.24, 2.45) is 0 Å². The van der Waals surface area contributed by atoms with Crippen molar-refractivity contribution in [3.63, 3.8) is 0 Å². The van der Waals surface area contributed by atoms with E-state index in [0.29, 0.717) is 24.5 Å². The molecule has 0 unspecified atom stereocenters. The molecule has 2 amide bonds. The van der Waals surface area contributed by atoms with E-state index in [0.717, 1.165) is 0 Å². The molecule has 124 valence electrons. The van der Waals surface area contributed by atoms with Crippen molar-refractivity contribution in [2.75, 3.05) is 25.1 Å². The van der Waals surface area contributed by atoms with Gasteiger partial charge in [0, 0.05) is 13.1 Å². The highest BCUT2D eigenvalue weighted by Gasteiger charge is 2.44. The molecule has 0 radical (unpaired) electrons. The molecule has 2 saturated heterocycles. The Kier molecular flexibility index (Phi) is 4.37. The quantitative estimate of drug-likeness (QED) is 0.789. The molecule has 0 saturated carbocycles. The summed E-state index contributed by atoms with van der Waals surface area (Å²) in [6.45, 7) is 5.32. The van der Waals surface area contributed by atoms with Gasteiger partial charge >= 0.3 is 0 Å². The van der Waals surface area contributed by atoms with Crippen LogP contribution < -0.4 is 9.64 Å². The molecule has 6 nitrogen and oxygen atoms in total. The average Bonchev–Trinajstić information content (AvgIpc) is 2.81. The Morgan fingerprint density at radius 2 is 1.70 bits per heavy atom. The van der Waals surface area contributed by atoms with Gasteiger partial charge in [-0.25, -0.2) is 4.90 Å². The summed E-state index contributed by atoms with van der Waals surface area (Å²) in [7, 11) is 1.58. The largest absolute Gasteiger partial charge is 0.497 e. The van der Waals surface area contributed by atoms with E-state index in [4.69, 9.17) is 9.47 Å². The van der Waals surface area contributed by atoms with Gasteiger partial charge in [0.15, 0.2) is 0 Å². The van der Waals surface area contributed by atoms with E-state index in [-0.39, 0.29) is 30.4 Å². The maximum absolute atomic E-state index is 12.8. The predicted octanol–water partition coefficient (Wildman–Crippen LogP) is 1.44. The third-order valence-corrected chi connectivity index (χ3v) is 4.34. The Bertz CT molecular complexity index is 591. The fourth-order valence-electron chi connectivity index (χ4n) is 3.38. The van der Waals surface area contributed by atoms with Crippen LogP contribution in [0.2, 0.25) is 0 Å². The number of hydrogen-bond acceptors (Lipinski definition) is 5. The van der Waals surface area contributed by atoms with Crippen LogP contribution in [0.1, 0.15) is 20.3 Å². The van der Waals surface area contributed by atoms with E-state index >= 15 is 0 Å². The standard InChI is InChI=1S/C17H22N2O4/c1-11-9-18(10-12(2)23-11)15-8-16(20)19(17(15)21)13-4-6-14(22-3)7-5-13/h4-7,11-12,15H,8-10H2,1-3H3/t11-,12-,15-/m0/s1. The monoisotopic (exact) mass is 318 g/mol. The van der Waals surface area contributed by atoms with Gasteiger partial charge in [-0.1, -0.05) is 0 Å². The summed E-state index contributed by atoms with van der Waals surface area (Å²) in [5.74, 6) is 0.388. The predicted molar refractivity (Wildman–Crippen MR) is 85.5 cm³/mol. The minimum Gasteiger partial charge on any atom is -0.497 e. The molecule has 2 fully saturated rings. The average molecular weight is 318 g/mol. The number of anilines is 1. The summed E-state index contributed by atoms with van der Waals surface area (Å²) in [6.07, 6.45) is 0.359. The highest BCUT2D eigenvalue weighted by atomic mass is 16.5. The van der Waals surface area contributed by atoms with Crippen molar-refractivity contribution < 1.29 is 19.1 Å². The van der Waals surface area contributed by atoms with Crippen LogP contribution in [0.15, 0.2) is 24.3 Å². The lowest BCUT2D eigenvalue weighted by Gasteiger charge is -2.37. The molecule has 0 spiro atoms. The number of hydrogen-bond donors (Lipinski definition) is 0. The van der Waals surface area contributed by atoms with Gasteiger partial charge in [0.05, 0.1) is 37.5 Å². The van der Waals surface area contributed by atoms with Gasteiger partial charge in [-0.05, 0) is 38.1 Å². The van der Waals surface area contributed by atoms with Crippen molar-refractivity contribution in [3.8, 4) is 5.75 Å². The summed E-state index contributed by atoms with van der Waals surface area (Å²) in [5.41, 5.74) is 0.595. The van der Waals surface area contributed by atoms with Gasteiger partial charge in [-0.3, -0.25) is 14.5 Å². The molecule has 0 bridgehead atoms. The molecule has 2 heterocycles. The van der Waals surface area contributed by atoms with Gasteiger partial charge < -0.3 is 9.47 Å². The van der Waals surface area contributed by atoms with Crippen LogP contribution >= 0.6 is 0 Å². The molecule has 0 aromatic heterocycles. The van der Waals surface area contributed by atoms with Crippen LogP contribution in [0, 0.1) is 0 Å². The van der Waals surface area contributed by atoms with E-state index in [1.54, 1.807) is 31.4 Å². The van der Waals surface area contributed by atoms with Crippen LogP contribution in [-0.4, -0.2) is 55.2 Å². The van der Waals surface area contributed by atoms with Gasteiger partial charge in [-0.15, -0.1) is 0 Å². The van der Waals surface area contributed by atoms with Crippen LogP contribution in [-0.2, 0) is 14.3 Å². The number of amides is 2. The van der Waals surface area contributed by atoms with Crippen LogP contribution in [0.25, 0.3) is 0 Å². The highest BCUT2D eigenvalue weighted by molar-refractivity contribution is 6.22. The molecule has 2 aliphatic rings. The number of imide groups is 1. The summed E-state index contributed by atoms with van der Waals surface area (Å²) in [6, 6.07) is 6.59. The lowest BCUT2D eigenvalue weighted by Crippen LogP contribution is -2.52. The Morgan fingerprint density at radius 3 is 2.26 bits per heavy atom. The number of rotatable bonds is 3. The third kappa shape index (κ3) is 3.09. The van der Waals surface area contributed by atoms with Gasteiger partial charge in [-0.2, -0.15) is 0 Å². The van der Waals surface area contributed by atoms with Crippen LogP contribution in [0.5, 0.6) is 5.75 Å². The van der Waals surface area contributed by atoms with E-state index < -0.39 is 6.04 Å². The number of carbonyl (C=O) groups excluding carboxylic acids is 2. The molecule has 6 heteroatoms. The lowest BCUT2D eigenvalue weighted by molar-refractivity contribution is -0.127. The molecule has 2 aliphatic heterocycles. The maximum Gasteiger partial charge on any atom is 0.251 e. The Hall–Kier alpha value is -1.92. The molecule has 1 aromatic rings. The van der Waals surface area contributed by atoms with Crippen molar-refractivity contribution in [3.05, 3.63) is 24.3 Å². The Balaban J connectivity index is 1.79. The van der Waals surface area contributed by atoms with Crippen molar-refractivity contribution in [2.45, 2.75) is 38.5 Å². The second-order valence-corrected chi connectivity index (χ2v) is 6.20. The normalized spacial score (nSPS) is 29.2. The number of ether oxygens (including phenoxy) is 2. The fourth-order valence-corrected chi connectivity index (χ4v) is 3.38. The minimum absolute atomic E-state index is 0.0664. The van der Waals surface area contributed by atoms with E-state index in [9.17, 15) is 9.59 Å². The smallest absolute Gasteiger partial charge is 0.251 e. The summed E-state index contributed by atoms with van der Waals surface area (Å²) in [4.78, 5) is 28.5. The van der Waals surface area contributed by atoms with Crippen LogP contribution in [0.4, 0.5) is 5.69 Å². The second-order valence-electron chi connectivity index (χ2n) is 6.20. The lowest BCUT2D eigenvalue weighted by atomic mass is 10.1. The second kappa shape index (κ2) is 6.29. The SMILES string of the molecule is COc1ccc(N2C(=O)C[C@H](N3C[C@H](C)O[C@@H](C)C3)C2=O)cc1. The van der Waals surface area contributed by atoms with Crippen LogP contribution in [0.3, 0.4) is 0 Å². The van der Waals surface area contributed by atoms with Gasteiger partial charge in [0.2, 0.25) is 5.91 Å². The zero-order chi connectivity index (χ0) is 16.6. The van der Waals surface area contributed by atoms with Crippen molar-refractivity contribution in [1.82, 2.24) is 4.90 Å². The molecule has 1 aromatic carbocycles. The van der Waals surface area contributed by atoms with E-state index in [2.05, 4.69) is 4.90 Å². The van der Waals surface area contributed by atoms with Gasteiger partial charge in [0.1, 0.15) is 5.75 Å². The number of morpholine rings is 1. The zero-order valence-electron chi connectivity index (χ0n) is 13.7. The summed E-state index contributed by atoms with van der Waals surface area (Å²) >= 11 is 0. The Morgan fingerprint density at radius 1 is 1.09 bits per heavy atom. The van der Waals surface area contributed by atoms with Crippen molar-refractivity contribution in [1.29, 1.82) is 0 Å². The first-order valence-electron chi connectivity index (χ1n) is 7.90. The number of nitrogens with zero attached hydrogens (tertiary/aromatic N) is 2. The van der Waals surface area contributed by atoms with Crippen molar-refractivity contribution >= 4 is 17.5 Å². The first kappa shape index (κ1) is 16.0. The maximum atomic E-state index is 12.8.